The van der Waals surface area contributed by atoms with Crippen molar-refractivity contribution in [1.82, 2.24) is 10.2 Å². The van der Waals surface area contributed by atoms with Crippen LogP contribution in [0.25, 0.3) is 0 Å². The van der Waals surface area contributed by atoms with Crippen molar-refractivity contribution in [1.29, 1.82) is 0 Å². The molecule has 0 saturated carbocycles. The molecule has 0 aliphatic carbocycles. The zero-order valence-electron chi connectivity index (χ0n) is 20.7. The summed E-state index contributed by atoms with van der Waals surface area (Å²) in [5.74, 6) is -0.120. The molecule has 0 aliphatic rings. The molecule has 0 bridgehead atoms. The minimum absolute atomic E-state index is 0.118. The summed E-state index contributed by atoms with van der Waals surface area (Å²) in [5, 5.41) is 2.81. The SMILES string of the molecule is COc1ccc(N(CC(=O)N(Cc2cccc(Br)c2)C(C)C(=O)NC(C)C)S(C)(=O)=O)cc1OC. The lowest BCUT2D eigenvalue weighted by molar-refractivity contribution is -0.139. The summed E-state index contributed by atoms with van der Waals surface area (Å²) in [7, 11) is -0.946. The summed E-state index contributed by atoms with van der Waals surface area (Å²) in [4.78, 5) is 27.7. The van der Waals surface area contributed by atoms with Gasteiger partial charge in [0.05, 0.1) is 26.2 Å². The van der Waals surface area contributed by atoms with Gasteiger partial charge < -0.3 is 19.7 Å². The smallest absolute Gasteiger partial charge is 0.244 e. The topological polar surface area (TPSA) is 105 Å². The molecule has 0 aromatic heterocycles. The third kappa shape index (κ3) is 7.86. The van der Waals surface area contributed by atoms with Gasteiger partial charge in [-0.1, -0.05) is 28.1 Å². The number of carbonyl (C=O) groups excluding carboxylic acids is 2. The van der Waals surface area contributed by atoms with E-state index in [2.05, 4.69) is 21.2 Å². The Balaban J connectivity index is 2.44. The Bertz CT molecular complexity index is 1160. The van der Waals surface area contributed by atoms with E-state index in [4.69, 9.17) is 9.47 Å². The number of carbonyl (C=O) groups is 2. The molecule has 2 aromatic carbocycles. The number of hydrogen-bond donors (Lipinski definition) is 1. The van der Waals surface area contributed by atoms with Gasteiger partial charge in [-0.15, -0.1) is 0 Å². The highest BCUT2D eigenvalue weighted by Gasteiger charge is 2.30. The van der Waals surface area contributed by atoms with Gasteiger partial charge in [0.2, 0.25) is 21.8 Å². The van der Waals surface area contributed by atoms with E-state index in [9.17, 15) is 18.0 Å². The van der Waals surface area contributed by atoms with Gasteiger partial charge >= 0.3 is 0 Å². The second kappa shape index (κ2) is 12.3. The first-order valence-electron chi connectivity index (χ1n) is 10.9. The molecule has 2 amide bonds. The lowest BCUT2D eigenvalue weighted by Crippen LogP contribution is -2.52. The Morgan fingerprint density at radius 2 is 1.69 bits per heavy atom. The van der Waals surface area contributed by atoms with Gasteiger partial charge in [-0.05, 0) is 50.6 Å². The second-order valence-corrected chi connectivity index (χ2v) is 11.1. The van der Waals surface area contributed by atoms with Crippen LogP contribution < -0.4 is 19.1 Å². The first-order chi connectivity index (χ1) is 16.4. The number of anilines is 1. The predicted octanol–water partition coefficient (Wildman–Crippen LogP) is 3.17. The minimum Gasteiger partial charge on any atom is -0.493 e. The Morgan fingerprint density at radius 3 is 2.23 bits per heavy atom. The van der Waals surface area contributed by atoms with Crippen LogP contribution in [0.5, 0.6) is 11.5 Å². The highest BCUT2D eigenvalue weighted by Crippen LogP contribution is 2.32. The number of halogens is 1. The van der Waals surface area contributed by atoms with Crippen molar-refractivity contribution in [2.24, 2.45) is 0 Å². The highest BCUT2D eigenvalue weighted by atomic mass is 79.9. The number of hydrogen-bond acceptors (Lipinski definition) is 6. The van der Waals surface area contributed by atoms with Gasteiger partial charge in [-0.3, -0.25) is 13.9 Å². The van der Waals surface area contributed by atoms with E-state index in [1.54, 1.807) is 13.0 Å². The van der Waals surface area contributed by atoms with E-state index < -0.39 is 28.5 Å². The van der Waals surface area contributed by atoms with E-state index in [0.29, 0.717) is 11.5 Å². The zero-order chi connectivity index (χ0) is 26.3. The average Bonchev–Trinajstić information content (AvgIpc) is 2.78. The minimum atomic E-state index is -3.85. The number of sulfonamides is 1. The van der Waals surface area contributed by atoms with Gasteiger partial charge in [-0.2, -0.15) is 0 Å². The van der Waals surface area contributed by atoms with E-state index in [-0.39, 0.29) is 24.2 Å². The summed E-state index contributed by atoms with van der Waals surface area (Å²) in [6.45, 7) is 4.89. The number of rotatable bonds is 11. The third-order valence-corrected chi connectivity index (χ3v) is 6.81. The zero-order valence-corrected chi connectivity index (χ0v) is 23.1. The molecule has 11 heteroatoms. The van der Waals surface area contributed by atoms with E-state index >= 15 is 0 Å². The van der Waals surface area contributed by atoms with Crippen LogP contribution in [0.3, 0.4) is 0 Å². The molecule has 1 atom stereocenters. The van der Waals surface area contributed by atoms with Crippen molar-refractivity contribution < 1.29 is 27.5 Å². The summed E-state index contributed by atoms with van der Waals surface area (Å²) >= 11 is 3.42. The van der Waals surface area contributed by atoms with Crippen molar-refractivity contribution in [2.45, 2.75) is 39.4 Å². The number of nitrogens with one attached hydrogen (secondary N) is 1. The Morgan fingerprint density at radius 1 is 1.03 bits per heavy atom. The lowest BCUT2D eigenvalue weighted by atomic mass is 10.1. The molecule has 2 aromatic rings. The number of methoxy groups -OCH3 is 2. The van der Waals surface area contributed by atoms with Gasteiger partial charge in [0.25, 0.3) is 0 Å². The summed E-state index contributed by atoms with van der Waals surface area (Å²) in [5.41, 5.74) is 1.02. The third-order valence-electron chi connectivity index (χ3n) is 5.17. The largest absolute Gasteiger partial charge is 0.493 e. The van der Waals surface area contributed by atoms with Crippen LogP contribution in [0.1, 0.15) is 26.3 Å². The first kappa shape index (κ1) is 28.4. The average molecular weight is 571 g/mol. The van der Waals surface area contributed by atoms with Crippen LogP contribution in [-0.2, 0) is 26.2 Å². The molecule has 2 rings (SSSR count). The van der Waals surface area contributed by atoms with Crippen molar-refractivity contribution >= 4 is 43.5 Å². The second-order valence-electron chi connectivity index (χ2n) is 8.30. The maximum Gasteiger partial charge on any atom is 0.244 e. The van der Waals surface area contributed by atoms with E-state index in [1.165, 1.54) is 31.3 Å². The maximum atomic E-state index is 13.5. The molecular weight excluding hydrogens is 538 g/mol. The number of ether oxygens (including phenoxy) is 2. The number of amides is 2. The first-order valence-corrected chi connectivity index (χ1v) is 13.6. The molecule has 35 heavy (non-hydrogen) atoms. The van der Waals surface area contributed by atoms with E-state index in [1.807, 2.05) is 38.1 Å². The highest BCUT2D eigenvalue weighted by molar-refractivity contribution is 9.10. The molecule has 9 nitrogen and oxygen atoms in total. The summed E-state index contributed by atoms with van der Waals surface area (Å²) in [6, 6.07) is 11.0. The van der Waals surface area contributed by atoms with Crippen molar-refractivity contribution in [3.8, 4) is 11.5 Å². The Kier molecular flexibility index (Phi) is 9.96. The van der Waals surface area contributed by atoms with Crippen molar-refractivity contribution in [2.75, 3.05) is 31.3 Å². The summed E-state index contributed by atoms with van der Waals surface area (Å²) < 4.78 is 37.7. The fraction of sp³-hybridized carbons (Fsp3) is 0.417. The Labute approximate surface area is 215 Å². The molecule has 0 fully saturated rings. The standard InChI is InChI=1S/C24H32BrN3O6S/c1-16(2)26-24(30)17(3)27(14-18-8-7-9-19(25)12-18)23(29)15-28(35(6,31)32)20-10-11-21(33-4)22(13-20)34-5/h7-13,16-17H,14-15H2,1-6H3,(H,26,30). The van der Waals surface area contributed by atoms with Crippen LogP contribution >= 0.6 is 15.9 Å². The van der Waals surface area contributed by atoms with Gasteiger partial charge in [0, 0.05) is 23.1 Å². The molecule has 1 N–H and O–H groups in total. The predicted molar refractivity (Wildman–Crippen MR) is 139 cm³/mol. The molecule has 1 unspecified atom stereocenters. The molecule has 0 aliphatic heterocycles. The fourth-order valence-corrected chi connectivity index (χ4v) is 4.70. The maximum absolute atomic E-state index is 13.5. The van der Waals surface area contributed by atoms with Crippen LogP contribution in [0.4, 0.5) is 5.69 Å². The normalized spacial score (nSPS) is 12.1. The van der Waals surface area contributed by atoms with Gasteiger partial charge in [0.1, 0.15) is 12.6 Å². The van der Waals surface area contributed by atoms with Crippen LogP contribution in [0, 0.1) is 0 Å². The quantitative estimate of drug-likeness (QED) is 0.445. The molecule has 0 heterocycles. The molecular formula is C24H32BrN3O6S. The fourth-order valence-electron chi connectivity index (χ4n) is 3.41. The Hall–Kier alpha value is -2.79. The van der Waals surface area contributed by atoms with Crippen molar-refractivity contribution in [3.05, 3.63) is 52.5 Å². The van der Waals surface area contributed by atoms with Crippen LogP contribution in [0.15, 0.2) is 46.9 Å². The molecule has 192 valence electrons. The lowest BCUT2D eigenvalue weighted by Gasteiger charge is -2.32. The van der Waals surface area contributed by atoms with Crippen LogP contribution in [0.2, 0.25) is 0 Å². The van der Waals surface area contributed by atoms with E-state index in [0.717, 1.165) is 20.6 Å². The van der Waals surface area contributed by atoms with Crippen molar-refractivity contribution in [3.63, 3.8) is 0 Å². The van der Waals surface area contributed by atoms with Gasteiger partial charge in [-0.25, -0.2) is 8.42 Å². The molecule has 0 spiro atoms. The number of nitrogens with zero attached hydrogens (tertiary/aromatic N) is 2. The molecule has 0 radical (unpaired) electrons. The summed E-state index contributed by atoms with van der Waals surface area (Å²) in [6.07, 6.45) is 1.02. The monoisotopic (exact) mass is 569 g/mol. The molecule has 0 saturated heterocycles. The van der Waals surface area contributed by atoms with Crippen LogP contribution in [-0.4, -0.2) is 64.2 Å². The van der Waals surface area contributed by atoms with Gasteiger partial charge in [0.15, 0.2) is 11.5 Å². The number of benzene rings is 2.